The molecule has 0 aliphatic carbocycles. The third-order valence-electron chi connectivity index (χ3n) is 3.43. The fourth-order valence-corrected chi connectivity index (χ4v) is 3.20. The van der Waals surface area contributed by atoms with Gasteiger partial charge in [0.05, 0.1) is 17.3 Å². The second kappa shape index (κ2) is 7.68. The second-order valence-electron chi connectivity index (χ2n) is 5.29. The molecule has 0 saturated heterocycles. The Hall–Kier alpha value is -2.05. The van der Waals surface area contributed by atoms with Crippen LogP contribution in [-0.4, -0.2) is 32.6 Å². The number of aryl methyl sites for hydroxylation is 2. The van der Waals surface area contributed by atoms with Gasteiger partial charge in [-0.1, -0.05) is 53.2 Å². The summed E-state index contributed by atoms with van der Waals surface area (Å²) in [7, 11) is 0. The molecule has 0 spiro atoms. The molecule has 0 saturated carbocycles. The van der Waals surface area contributed by atoms with E-state index < -0.39 is 0 Å². The number of aromatic nitrogens is 4. The van der Waals surface area contributed by atoms with Gasteiger partial charge in [0.1, 0.15) is 5.75 Å². The van der Waals surface area contributed by atoms with Crippen LogP contribution in [-0.2, 0) is 0 Å². The number of nitrogens with zero attached hydrogens (tertiary/aromatic N) is 4. The summed E-state index contributed by atoms with van der Waals surface area (Å²) in [6.07, 6.45) is 0. The minimum atomic E-state index is 0.522. The number of hydrogen-bond acceptors (Lipinski definition) is 5. The maximum Gasteiger partial charge on any atom is 0.214 e. The molecule has 3 rings (SSSR count). The Morgan fingerprint density at radius 2 is 2.00 bits per heavy atom. The number of thioether (sulfide) groups is 1. The Morgan fingerprint density at radius 1 is 1.17 bits per heavy atom. The lowest BCUT2D eigenvalue weighted by Crippen LogP contribution is -2.04. The first kappa shape index (κ1) is 16.8. The van der Waals surface area contributed by atoms with E-state index in [1.165, 1.54) is 5.56 Å². The summed E-state index contributed by atoms with van der Waals surface area (Å²) in [4.78, 5) is 0. The quantitative estimate of drug-likeness (QED) is 0.489. The van der Waals surface area contributed by atoms with E-state index in [0.717, 1.165) is 22.2 Å². The van der Waals surface area contributed by atoms with Crippen LogP contribution in [0.1, 0.15) is 11.1 Å². The van der Waals surface area contributed by atoms with Crippen LogP contribution in [0.15, 0.2) is 47.6 Å². The first-order valence-corrected chi connectivity index (χ1v) is 8.87. The highest BCUT2D eigenvalue weighted by Gasteiger charge is 2.11. The van der Waals surface area contributed by atoms with Crippen LogP contribution in [0.3, 0.4) is 0 Å². The molecule has 1 aromatic heterocycles. The van der Waals surface area contributed by atoms with Gasteiger partial charge in [-0.25, -0.2) is 0 Å². The maximum atomic E-state index is 6.07. The first-order valence-electron chi connectivity index (χ1n) is 7.51. The average Bonchev–Trinajstić information content (AvgIpc) is 3.01. The summed E-state index contributed by atoms with van der Waals surface area (Å²) >= 11 is 7.62. The molecule has 0 unspecified atom stereocenters. The fraction of sp³-hybridized carbons (Fsp3) is 0.235. The third-order valence-corrected chi connectivity index (χ3v) is 4.63. The monoisotopic (exact) mass is 360 g/mol. The summed E-state index contributed by atoms with van der Waals surface area (Å²) in [6.45, 7) is 4.64. The van der Waals surface area contributed by atoms with Gasteiger partial charge in [-0.2, -0.15) is 4.68 Å². The van der Waals surface area contributed by atoms with Gasteiger partial charge in [0.15, 0.2) is 0 Å². The fourth-order valence-electron chi connectivity index (χ4n) is 2.31. The van der Waals surface area contributed by atoms with Crippen LogP contribution in [0.5, 0.6) is 5.75 Å². The summed E-state index contributed by atoms with van der Waals surface area (Å²) in [6, 6.07) is 13.6. The molecule has 1 heterocycles. The van der Waals surface area contributed by atoms with Gasteiger partial charge >= 0.3 is 0 Å². The summed E-state index contributed by atoms with van der Waals surface area (Å²) in [5.74, 6) is 1.41. The molecule has 0 bridgehead atoms. The largest absolute Gasteiger partial charge is 0.491 e. The third kappa shape index (κ3) is 3.88. The van der Waals surface area contributed by atoms with Crippen LogP contribution in [0.4, 0.5) is 0 Å². The van der Waals surface area contributed by atoms with E-state index in [0.29, 0.717) is 17.4 Å². The molecule has 24 heavy (non-hydrogen) atoms. The van der Waals surface area contributed by atoms with E-state index >= 15 is 0 Å². The summed E-state index contributed by atoms with van der Waals surface area (Å²) in [5, 5.41) is 13.3. The number of halogens is 1. The van der Waals surface area contributed by atoms with E-state index in [1.807, 2.05) is 30.3 Å². The van der Waals surface area contributed by atoms with E-state index in [1.54, 1.807) is 16.4 Å². The van der Waals surface area contributed by atoms with Crippen molar-refractivity contribution < 1.29 is 4.74 Å². The van der Waals surface area contributed by atoms with Gasteiger partial charge in [0.25, 0.3) is 0 Å². The minimum Gasteiger partial charge on any atom is -0.491 e. The van der Waals surface area contributed by atoms with Crippen molar-refractivity contribution in [3.63, 3.8) is 0 Å². The molecule has 0 amide bonds. The van der Waals surface area contributed by atoms with Crippen molar-refractivity contribution in [1.82, 2.24) is 20.2 Å². The van der Waals surface area contributed by atoms with Gasteiger partial charge in [0.2, 0.25) is 5.16 Å². The standard InChI is InChI=1S/C17H17ClN4OS/c1-12-7-8-15(13(2)11-12)22-17(19-20-21-22)24-10-9-23-16-6-4-3-5-14(16)18/h3-8,11H,9-10H2,1-2H3. The molecule has 2 aromatic carbocycles. The SMILES string of the molecule is Cc1ccc(-n2nnnc2SCCOc2ccccc2Cl)c(C)c1. The zero-order valence-corrected chi connectivity index (χ0v) is 15.0. The number of para-hydroxylation sites is 1. The smallest absolute Gasteiger partial charge is 0.214 e. The van der Waals surface area contributed by atoms with Crippen molar-refractivity contribution >= 4 is 23.4 Å². The maximum absolute atomic E-state index is 6.07. The molecule has 0 radical (unpaired) electrons. The van der Waals surface area contributed by atoms with Gasteiger partial charge < -0.3 is 4.74 Å². The van der Waals surface area contributed by atoms with E-state index in [4.69, 9.17) is 16.3 Å². The van der Waals surface area contributed by atoms with Crippen LogP contribution >= 0.6 is 23.4 Å². The van der Waals surface area contributed by atoms with E-state index in [2.05, 4.69) is 41.5 Å². The first-order chi connectivity index (χ1) is 11.6. The van der Waals surface area contributed by atoms with Gasteiger partial charge in [-0.3, -0.25) is 0 Å². The molecule has 0 fully saturated rings. The average molecular weight is 361 g/mol. The van der Waals surface area contributed by atoms with Gasteiger partial charge in [-0.15, -0.1) is 5.10 Å². The van der Waals surface area contributed by atoms with Crippen molar-refractivity contribution in [2.75, 3.05) is 12.4 Å². The van der Waals surface area contributed by atoms with Crippen LogP contribution in [0, 0.1) is 13.8 Å². The topological polar surface area (TPSA) is 52.8 Å². The molecule has 0 N–H and O–H groups in total. The predicted molar refractivity (Wildman–Crippen MR) is 96.3 cm³/mol. The van der Waals surface area contributed by atoms with Crippen molar-refractivity contribution in [2.45, 2.75) is 19.0 Å². The zero-order valence-electron chi connectivity index (χ0n) is 13.4. The number of hydrogen-bond donors (Lipinski definition) is 0. The summed E-state index contributed by atoms with van der Waals surface area (Å²) in [5.41, 5.74) is 3.34. The van der Waals surface area contributed by atoms with Crippen LogP contribution in [0.25, 0.3) is 5.69 Å². The molecular weight excluding hydrogens is 344 g/mol. The number of tetrazole rings is 1. The molecule has 124 valence electrons. The van der Waals surface area contributed by atoms with Crippen molar-refractivity contribution in [3.05, 3.63) is 58.6 Å². The highest BCUT2D eigenvalue weighted by Crippen LogP contribution is 2.24. The Morgan fingerprint density at radius 3 is 2.79 bits per heavy atom. The zero-order chi connectivity index (χ0) is 16.9. The normalized spacial score (nSPS) is 10.8. The number of ether oxygens (including phenoxy) is 1. The second-order valence-corrected chi connectivity index (χ2v) is 6.76. The molecule has 0 atom stereocenters. The van der Waals surface area contributed by atoms with Crippen molar-refractivity contribution in [3.8, 4) is 11.4 Å². The molecule has 3 aromatic rings. The lowest BCUT2D eigenvalue weighted by molar-refractivity contribution is 0.344. The van der Waals surface area contributed by atoms with E-state index in [9.17, 15) is 0 Å². The highest BCUT2D eigenvalue weighted by atomic mass is 35.5. The van der Waals surface area contributed by atoms with Crippen LogP contribution < -0.4 is 4.74 Å². The van der Waals surface area contributed by atoms with Crippen LogP contribution in [0.2, 0.25) is 5.02 Å². The van der Waals surface area contributed by atoms with Crippen molar-refractivity contribution in [2.24, 2.45) is 0 Å². The minimum absolute atomic E-state index is 0.522. The lowest BCUT2D eigenvalue weighted by Gasteiger charge is -2.09. The van der Waals surface area contributed by atoms with Gasteiger partial charge in [-0.05, 0) is 48.0 Å². The molecule has 0 aliphatic rings. The lowest BCUT2D eigenvalue weighted by atomic mass is 10.1. The number of benzene rings is 2. The van der Waals surface area contributed by atoms with E-state index in [-0.39, 0.29) is 0 Å². The van der Waals surface area contributed by atoms with Gasteiger partial charge in [0, 0.05) is 5.75 Å². The molecule has 7 heteroatoms. The Labute approximate surface area is 150 Å². The Kier molecular flexibility index (Phi) is 5.37. The summed E-state index contributed by atoms with van der Waals surface area (Å²) < 4.78 is 7.45. The Bertz CT molecular complexity index is 837. The predicted octanol–water partition coefficient (Wildman–Crippen LogP) is 4.10. The Balaban J connectivity index is 1.63. The molecule has 0 aliphatic heterocycles. The molecule has 5 nitrogen and oxygen atoms in total. The number of rotatable bonds is 6. The molecular formula is C17H17ClN4OS. The van der Waals surface area contributed by atoms with Crippen molar-refractivity contribution in [1.29, 1.82) is 0 Å². The highest BCUT2D eigenvalue weighted by molar-refractivity contribution is 7.99.